The molecule has 1 heterocycles. The molecule has 0 radical (unpaired) electrons. The molecule has 18 heavy (non-hydrogen) atoms. The molecule has 1 fully saturated rings. The third-order valence-electron chi connectivity index (χ3n) is 4.49. The van der Waals surface area contributed by atoms with Gasteiger partial charge < -0.3 is 5.32 Å². The summed E-state index contributed by atoms with van der Waals surface area (Å²) in [7, 11) is 0. The number of rotatable bonds is 4. The highest BCUT2D eigenvalue weighted by Gasteiger charge is 2.51. The zero-order chi connectivity index (χ0) is 14.2. The number of nitriles is 1. The van der Waals surface area contributed by atoms with Crippen molar-refractivity contribution in [2.45, 2.75) is 65.6 Å². The Bertz CT molecular complexity index is 380. The highest BCUT2D eigenvalue weighted by atomic mass is 15.4. The van der Waals surface area contributed by atoms with Crippen LogP contribution in [0.15, 0.2) is 12.3 Å². The first kappa shape index (κ1) is 15.0. The van der Waals surface area contributed by atoms with E-state index in [1.165, 1.54) is 0 Å². The van der Waals surface area contributed by atoms with Gasteiger partial charge in [0.2, 0.25) is 0 Å². The van der Waals surface area contributed by atoms with Gasteiger partial charge in [0.1, 0.15) is 0 Å². The summed E-state index contributed by atoms with van der Waals surface area (Å²) in [6.45, 7) is 17.7. The maximum Gasteiger partial charge on any atom is 0.0881 e. The summed E-state index contributed by atoms with van der Waals surface area (Å²) in [5.74, 6) is 0. The first-order valence-electron chi connectivity index (χ1n) is 6.82. The van der Waals surface area contributed by atoms with Crippen LogP contribution in [0.4, 0.5) is 0 Å². The van der Waals surface area contributed by atoms with Crippen molar-refractivity contribution in [1.29, 1.82) is 5.26 Å². The highest BCUT2D eigenvalue weighted by molar-refractivity contribution is 5.24. The van der Waals surface area contributed by atoms with Gasteiger partial charge in [-0.25, -0.2) is 0 Å². The van der Waals surface area contributed by atoms with E-state index in [0.717, 1.165) is 25.1 Å². The second-order valence-electron chi connectivity index (χ2n) is 6.44. The Balaban J connectivity index is 3.16. The van der Waals surface area contributed by atoms with Crippen LogP contribution in [-0.2, 0) is 0 Å². The molecule has 102 valence electrons. The van der Waals surface area contributed by atoms with Crippen molar-refractivity contribution in [3.05, 3.63) is 12.3 Å². The lowest BCUT2D eigenvalue weighted by Gasteiger charge is -2.44. The summed E-state index contributed by atoms with van der Waals surface area (Å²) in [6, 6.07) is 2.41. The molecule has 0 aromatic heterocycles. The number of nitrogens with zero attached hydrogens (tertiary/aromatic N) is 2. The van der Waals surface area contributed by atoms with Crippen LogP contribution in [0.2, 0.25) is 0 Å². The van der Waals surface area contributed by atoms with Crippen molar-refractivity contribution in [3.63, 3.8) is 0 Å². The molecule has 1 aliphatic rings. The fraction of sp³-hybridized carbons (Fsp3) is 0.800. The third kappa shape index (κ3) is 2.27. The summed E-state index contributed by atoms with van der Waals surface area (Å²) in [5.41, 5.74) is 0.552. The lowest BCUT2D eigenvalue weighted by atomic mass is 9.88. The van der Waals surface area contributed by atoms with Crippen molar-refractivity contribution < 1.29 is 0 Å². The maximum atomic E-state index is 9.29. The van der Waals surface area contributed by atoms with Crippen LogP contribution in [0, 0.1) is 16.7 Å². The Morgan fingerprint density at radius 1 is 1.33 bits per heavy atom. The van der Waals surface area contributed by atoms with Crippen LogP contribution in [0.5, 0.6) is 0 Å². The van der Waals surface area contributed by atoms with Crippen LogP contribution in [0.25, 0.3) is 0 Å². The van der Waals surface area contributed by atoms with Crippen LogP contribution in [0.3, 0.4) is 0 Å². The van der Waals surface area contributed by atoms with Gasteiger partial charge in [0.25, 0.3) is 0 Å². The predicted octanol–water partition coefficient (Wildman–Crippen LogP) is 3.25. The lowest BCUT2D eigenvalue weighted by Crippen LogP contribution is -2.56. The summed E-state index contributed by atoms with van der Waals surface area (Å²) in [4.78, 5) is 2.42. The van der Waals surface area contributed by atoms with Gasteiger partial charge in [0.15, 0.2) is 0 Å². The summed E-state index contributed by atoms with van der Waals surface area (Å²) in [5, 5.41) is 12.8. The molecular formula is C15H27N3. The smallest absolute Gasteiger partial charge is 0.0881 e. The second-order valence-corrected chi connectivity index (χ2v) is 6.44. The summed E-state index contributed by atoms with van der Waals surface area (Å²) < 4.78 is 0. The topological polar surface area (TPSA) is 39.1 Å². The molecular weight excluding hydrogens is 222 g/mol. The van der Waals surface area contributed by atoms with Gasteiger partial charge in [-0.05, 0) is 40.5 Å². The molecule has 1 N–H and O–H groups in total. The van der Waals surface area contributed by atoms with E-state index in [0.29, 0.717) is 0 Å². The molecule has 1 rings (SSSR count). The standard InChI is InChI=1S/C15H27N3/c1-8-14(6)12(3)17-15(7,9-2)18(14)11-13(4,5)10-16/h17H,3,8-9,11H2,1-2,4-7H3. The van der Waals surface area contributed by atoms with Gasteiger partial charge in [-0.15, -0.1) is 0 Å². The normalized spacial score (nSPS) is 33.3. The number of hydrogen-bond acceptors (Lipinski definition) is 3. The lowest BCUT2D eigenvalue weighted by molar-refractivity contribution is 0.0267. The molecule has 1 saturated heterocycles. The highest BCUT2D eigenvalue weighted by Crippen LogP contribution is 2.42. The zero-order valence-corrected chi connectivity index (χ0v) is 12.7. The average Bonchev–Trinajstić information content (AvgIpc) is 2.51. The van der Waals surface area contributed by atoms with Crippen LogP contribution >= 0.6 is 0 Å². The summed E-state index contributed by atoms with van der Waals surface area (Å²) in [6.07, 6.45) is 1.99. The Morgan fingerprint density at radius 3 is 2.28 bits per heavy atom. The molecule has 0 saturated carbocycles. The van der Waals surface area contributed by atoms with E-state index in [-0.39, 0.29) is 16.6 Å². The Labute approximate surface area is 112 Å². The summed E-state index contributed by atoms with van der Waals surface area (Å²) >= 11 is 0. The molecule has 0 bridgehead atoms. The molecule has 3 nitrogen and oxygen atoms in total. The van der Waals surface area contributed by atoms with Crippen molar-refractivity contribution in [3.8, 4) is 6.07 Å². The molecule has 0 aromatic rings. The predicted molar refractivity (Wildman–Crippen MR) is 75.8 cm³/mol. The fourth-order valence-corrected chi connectivity index (χ4v) is 2.70. The van der Waals surface area contributed by atoms with E-state index in [2.05, 4.69) is 50.6 Å². The molecule has 0 spiro atoms. The van der Waals surface area contributed by atoms with Crippen molar-refractivity contribution in [2.75, 3.05) is 6.54 Å². The minimum atomic E-state index is -0.348. The Morgan fingerprint density at radius 2 is 1.89 bits per heavy atom. The van der Waals surface area contributed by atoms with E-state index in [1.54, 1.807) is 0 Å². The fourth-order valence-electron chi connectivity index (χ4n) is 2.70. The minimum Gasteiger partial charge on any atom is -0.370 e. The Hall–Kier alpha value is -1.01. The van der Waals surface area contributed by atoms with Gasteiger partial charge in [-0.2, -0.15) is 5.26 Å². The first-order chi connectivity index (χ1) is 8.15. The van der Waals surface area contributed by atoms with Crippen LogP contribution in [-0.4, -0.2) is 22.6 Å². The van der Waals surface area contributed by atoms with E-state index in [9.17, 15) is 5.26 Å². The second kappa shape index (κ2) is 4.59. The van der Waals surface area contributed by atoms with Gasteiger partial charge >= 0.3 is 0 Å². The van der Waals surface area contributed by atoms with Crippen LogP contribution in [0.1, 0.15) is 54.4 Å². The van der Waals surface area contributed by atoms with Crippen molar-refractivity contribution in [1.82, 2.24) is 10.2 Å². The maximum absolute atomic E-state index is 9.29. The van der Waals surface area contributed by atoms with Crippen molar-refractivity contribution in [2.24, 2.45) is 5.41 Å². The quantitative estimate of drug-likeness (QED) is 0.831. The van der Waals surface area contributed by atoms with Gasteiger partial charge in [-0.3, -0.25) is 4.90 Å². The van der Waals surface area contributed by atoms with Crippen LogP contribution < -0.4 is 5.32 Å². The first-order valence-corrected chi connectivity index (χ1v) is 6.82. The molecule has 0 aliphatic carbocycles. The molecule has 1 aliphatic heterocycles. The molecule has 0 aromatic carbocycles. The van der Waals surface area contributed by atoms with Crippen molar-refractivity contribution >= 4 is 0 Å². The van der Waals surface area contributed by atoms with E-state index in [1.807, 2.05) is 13.8 Å². The zero-order valence-electron chi connectivity index (χ0n) is 12.7. The Kier molecular flexibility index (Phi) is 3.83. The van der Waals surface area contributed by atoms with Gasteiger partial charge in [0.05, 0.1) is 22.7 Å². The SMILES string of the molecule is C=C1NC(C)(CC)N(CC(C)(C)C#N)C1(C)CC. The monoisotopic (exact) mass is 249 g/mol. The molecule has 3 heteroatoms. The van der Waals surface area contributed by atoms with E-state index in [4.69, 9.17) is 0 Å². The van der Waals surface area contributed by atoms with Gasteiger partial charge in [0, 0.05) is 12.2 Å². The minimum absolute atomic E-state index is 0.0706. The molecule has 0 amide bonds. The number of hydrogen-bond donors (Lipinski definition) is 1. The van der Waals surface area contributed by atoms with E-state index >= 15 is 0 Å². The molecule has 2 unspecified atom stereocenters. The largest absolute Gasteiger partial charge is 0.370 e. The third-order valence-corrected chi connectivity index (χ3v) is 4.49. The molecule has 2 atom stereocenters. The number of nitrogens with one attached hydrogen (secondary N) is 1. The van der Waals surface area contributed by atoms with Gasteiger partial charge in [-0.1, -0.05) is 20.4 Å². The average molecular weight is 249 g/mol. The van der Waals surface area contributed by atoms with E-state index < -0.39 is 0 Å².